The third kappa shape index (κ3) is 32.4. The van der Waals surface area contributed by atoms with Crippen LogP contribution in [0.1, 0.15) is 134 Å². The molecule has 0 unspecified atom stereocenters. The second-order valence-corrected chi connectivity index (χ2v) is 28.2. The third-order valence-corrected chi connectivity index (χ3v) is 18.9. The molecular weight excluding hydrogens is 1560 g/mol. The lowest BCUT2D eigenvalue weighted by atomic mass is 10.0. The maximum absolute atomic E-state index is 13.4. The van der Waals surface area contributed by atoms with Crippen LogP contribution in [0.15, 0.2) is 303 Å². The first kappa shape index (κ1) is 94.8. The van der Waals surface area contributed by atoms with Crippen molar-refractivity contribution in [2.75, 3.05) is 7.11 Å². The van der Waals surface area contributed by atoms with Crippen LogP contribution in [-0.2, 0) is 26.4 Å². The van der Waals surface area contributed by atoms with Gasteiger partial charge in [-0.1, -0.05) is 314 Å². The highest BCUT2D eigenvalue weighted by Crippen LogP contribution is 2.25. The number of hydrogen-bond acceptors (Lipinski definition) is 5. The normalized spacial score (nSPS) is 11.0. The molecule has 0 spiro atoms. The van der Waals surface area contributed by atoms with Crippen molar-refractivity contribution in [1.29, 1.82) is 0 Å². The Morgan fingerprint density at radius 1 is 0.228 bits per heavy atom. The SMILES string of the molecule is COc1ccccc1/C=C/c1ccccc1F.Cc1ccc(/C=C/c2ccc(C)c(F)c2)cc1.Cc1ccc(CO)c(/C=C/c2ccc(F)cc2)c1.Cc1ccc(F)c(/C=C/c2ccccc2F)c1.Cc1cccc(/C=C/c2ccc(F)cc2)c1CO.Cc1cccc(/C=C/c2cccc(F)c2)c1CO.OCc1ccc(/C=C/c2cc(F)ccc2F)cc1. The van der Waals surface area contributed by atoms with E-state index in [1.807, 2.05) is 179 Å². The summed E-state index contributed by atoms with van der Waals surface area (Å²) in [6.45, 7) is 11.7. The number of halogens is 9. The van der Waals surface area contributed by atoms with Gasteiger partial charge in [-0.3, -0.25) is 0 Å². The van der Waals surface area contributed by atoms with Gasteiger partial charge in [0.05, 0.1) is 33.5 Å². The lowest BCUT2D eigenvalue weighted by molar-refractivity contribution is 0.280. The summed E-state index contributed by atoms with van der Waals surface area (Å²) in [7, 11) is 1.62. The molecule has 0 saturated heterocycles. The van der Waals surface area contributed by atoms with Gasteiger partial charge in [-0.15, -0.1) is 0 Å². The average molecular weight is 1660 g/mol. The Labute approximate surface area is 715 Å². The first-order valence-electron chi connectivity index (χ1n) is 39.4. The first-order chi connectivity index (χ1) is 59.4. The van der Waals surface area contributed by atoms with Crippen molar-refractivity contribution >= 4 is 85.1 Å². The van der Waals surface area contributed by atoms with Gasteiger partial charge in [0.15, 0.2) is 0 Å². The number of aliphatic hydroxyl groups excluding tert-OH is 4. The zero-order valence-electron chi connectivity index (χ0n) is 69.4. The smallest absolute Gasteiger partial charge is 0.130 e. The molecule has 5 nitrogen and oxygen atoms in total. The van der Waals surface area contributed by atoms with E-state index >= 15 is 0 Å². The fraction of sp³-hybridized carbons (Fsp3) is 0.101. The molecule has 14 aromatic carbocycles. The fourth-order valence-corrected chi connectivity index (χ4v) is 11.8. The molecule has 14 rings (SSSR count). The molecule has 0 heterocycles. The van der Waals surface area contributed by atoms with E-state index in [4.69, 9.17) is 9.84 Å². The molecule has 0 radical (unpaired) electrons. The lowest BCUT2D eigenvalue weighted by Gasteiger charge is -2.06. The number of ether oxygens (including phenoxy) is 1. The maximum Gasteiger partial charge on any atom is 0.130 e. The number of aryl methyl sites for hydroxylation is 6. The summed E-state index contributed by atoms with van der Waals surface area (Å²) in [6.07, 6.45) is 25.3. The van der Waals surface area contributed by atoms with Gasteiger partial charge in [-0.05, 0) is 222 Å². The van der Waals surface area contributed by atoms with Crippen molar-refractivity contribution in [2.45, 2.75) is 68.0 Å². The van der Waals surface area contributed by atoms with Gasteiger partial charge < -0.3 is 25.2 Å². The number of rotatable bonds is 19. The Morgan fingerprint density at radius 3 is 1.09 bits per heavy atom. The van der Waals surface area contributed by atoms with Gasteiger partial charge >= 0.3 is 0 Å². The van der Waals surface area contributed by atoms with Crippen LogP contribution in [0.25, 0.3) is 85.1 Å². The molecule has 0 aliphatic carbocycles. The van der Waals surface area contributed by atoms with Crippen molar-refractivity contribution in [3.8, 4) is 5.75 Å². The zero-order valence-corrected chi connectivity index (χ0v) is 69.4. The second kappa shape index (κ2) is 50.4. The van der Waals surface area contributed by atoms with Gasteiger partial charge in [0, 0.05) is 27.8 Å². The van der Waals surface area contributed by atoms with E-state index in [2.05, 4.69) is 31.2 Å². The fourth-order valence-electron chi connectivity index (χ4n) is 11.8. The molecule has 123 heavy (non-hydrogen) atoms. The van der Waals surface area contributed by atoms with Crippen LogP contribution in [-0.4, -0.2) is 27.5 Å². The Morgan fingerprint density at radius 2 is 0.585 bits per heavy atom. The molecular formula is C109H97F9O5. The predicted molar refractivity (Wildman–Crippen MR) is 491 cm³/mol. The Balaban J connectivity index is 0.000000178. The van der Waals surface area contributed by atoms with Crippen LogP contribution < -0.4 is 4.74 Å². The Kier molecular flexibility index (Phi) is 38.8. The minimum absolute atomic E-state index is 0.00942. The van der Waals surface area contributed by atoms with Crippen LogP contribution in [0, 0.1) is 93.9 Å². The van der Waals surface area contributed by atoms with E-state index in [0.717, 1.165) is 124 Å². The van der Waals surface area contributed by atoms with Crippen LogP contribution in [0.5, 0.6) is 5.75 Å². The summed E-state index contributed by atoms with van der Waals surface area (Å²) >= 11 is 0. The van der Waals surface area contributed by atoms with Crippen molar-refractivity contribution in [3.05, 3.63) is 489 Å². The number of para-hydroxylation sites is 1. The molecule has 0 aromatic heterocycles. The largest absolute Gasteiger partial charge is 0.496 e. The summed E-state index contributed by atoms with van der Waals surface area (Å²) in [5.74, 6) is -1.86. The number of methoxy groups -OCH3 is 1. The van der Waals surface area contributed by atoms with Crippen molar-refractivity contribution in [1.82, 2.24) is 0 Å². The molecule has 0 aliphatic heterocycles. The van der Waals surface area contributed by atoms with Gasteiger partial charge in [0.2, 0.25) is 0 Å². The monoisotopic (exact) mass is 1660 g/mol. The summed E-state index contributed by atoms with van der Waals surface area (Å²) in [5.41, 5.74) is 20.8. The predicted octanol–water partition coefficient (Wildman–Crippen LogP) is 28.1. The van der Waals surface area contributed by atoms with Crippen LogP contribution >= 0.6 is 0 Å². The number of aliphatic hydroxyl groups is 4. The summed E-state index contributed by atoms with van der Waals surface area (Å²) in [6, 6.07) is 86.2. The van der Waals surface area contributed by atoms with Crippen molar-refractivity contribution in [3.63, 3.8) is 0 Å². The maximum atomic E-state index is 13.4. The van der Waals surface area contributed by atoms with Gasteiger partial charge in [-0.25, -0.2) is 39.5 Å². The van der Waals surface area contributed by atoms with Crippen LogP contribution in [0.4, 0.5) is 39.5 Å². The molecule has 0 bridgehead atoms. The standard InChI is InChI=1S/3C16H15FO.C16H15F.C15H12F2O.C15H12F2.C15H13FO/c1-12-2-6-15(11-18)14(10-12)7-3-13-4-8-16(17)9-5-13;1-12-4-2-6-14(16(12)11-18)9-8-13-5-3-7-15(17)10-13;1-12-3-2-4-14(16(12)11-18)8-5-13-6-9-15(17)10-7-13;1-12-3-6-14(7-4-12)9-10-15-8-5-13(2)16(17)11-15;16-14-7-8-15(17)13(9-14)6-5-11-1-3-12(10-18)4-2-11;1-11-6-9-15(17)13(10-11)8-7-12-4-2-3-5-14(12)16;1-17-15-9-5-3-7-13(15)11-10-12-6-2-4-8-14(12)16/h3*2-10,18H,11H2,1H3;3-11H,1-2H3;1-9,18H,10H2;2-10H,1H3;2-11H,1H3/b7-3+;9-8+;8-5+;10-9+;6-5+;8-7+;11-10+. The molecule has 0 atom stereocenters. The lowest BCUT2D eigenvalue weighted by Crippen LogP contribution is -1.92. The van der Waals surface area contributed by atoms with E-state index in [0.29, 0.717) is 22.3 Å². The van der Waals surface area contributed by atoms with Crippen molar-refractivity contribution in [2.24, 2.45) is 0 Å². The Hall–Kier alpha value is -13.7. The van der Waals surface area contributed by atoms with E-state index in [1.165, 1.54) is 66.2 Å². The first-order valence-corrected chi connectivity index (χ1v) is 39.4. The highest BCUT2D eigenvalue weighted by atomic mass is 19.2. The second-order valence-electron chi connectivity index (χ2n) is 28.2. The topological polar surface area (TPSA) is 90.2 Å². The van der Waals surface area contributed by atoms with E-state index < -0.39 is 11.6 Å². The quantitative estimate of drug-likeness (QED) is 0.0478. The molecule has 14 aromatic rings. The molecule has 0 aliphatic rings. The minimum Gasteiger partial charge on any atom is -0.496 e. The molecule has 626 valence electrons. The molecule has 14 heteroatoms. The molecule has 0 fully saturated rings. The average Bonchev–Trinajstić information content (AvgIpc) is 0.873. The van der Waals surface area contributed by atoms with Gasteiger partial charge in [-0.2, -0.15) is 0 Å². The third-order valence-electron chi connectivity index (χ3n) is 18.9. The molecule has 0 saturated carbocycles. The number of hydrogen-bond donors (Lipinski definition) is 4. The summed E-state index contributed by atoms with van der Waals surface area (Å²) < 4.78 is 124. The van der Waals surface area contributed by atoms with E-state index in [1.54, 1.807) is 148 Å². The van der Waals surface area contributed by atoms with Crippen molar-refractivity contribution < 1.29 is 64.7 Å². The number of benzene rings is 14. The van der Waals surface area contributed by atoms with Gasteiger partial charge in [0.25, 0.3) is 0 Å². The Bertz CT molecular complexity index is 5850. The highest BCUT2D eigenvalue weighted by Gasteiger charge is 2.08. The highest BCUT2D eigenvalue weighted by molar-refractivity contribution is 5.77. The van der Waals surface area contributed by atoms with Crippen LogP contribution in [0.2, 0.25) is 0 Å². The zero-order chi connectivity index (χ0) is 88.4. The minimum atomic E-state index is -0.466. The summed E-state index contributed by atoms with van der Waals surface area (Å²) in [4.78, 5) is 0. The molecule has 4 N–H and O–H groups in total. The van der Waals surface area contributed by atoms with Gasteiger partial charge in [0.1, 0.15) is 58.1 Å². The summed E-state index contributed by atoms with van der Waals surface area (Å²) in [5, 5.41) is 36.8. The van der Waals surface area contributed by atoms with Crippen LogP contribution in [0.3, 0.4) is 0 Å². The van der Waals surface area contributed by atoms with E-state index in [-0.39, 0.29) is 72.7 Å². The van der Waals surface area contributed by atoms with E-state index in [9.17, 15) is 54.8 Å². The molecule has 0 amide bonds.